The van der Waals surface area contributed by atoms with E-state index < -0.39 is 10.6 Å². The first-order chi connectivity index (χ1) is 8.63. The van der Waals surface area contributed by atoms with Gasteiger partial charge in [-0.1, -0.05) is 0 Å². The first-order valence-electron chi connectivity index (χ1n) is 5.69. The molecule has 1 aromatic rings. The highest BCUT2D eigenvalue weighted by atomic mass is 16.6. The zero-order valence-electron chi connectivity index (χ0n) is 9.96. The van der Waals surface area contributed by atoms with Crippen molar-refractivity contribution >= 4 is 11.5 Å². The van der Waals surface area contributed by atoms with Gasteiger partial charge in [-0.05, 0) is 19.8 Å². The summed E-state index contributed by atoms with van der Waals surface area (Å²) in [4.78, 5) is 18.2. The van der Waals surface area contributed by atoms with Gasteiger partial charge in [0.1, 0.15) is 6.10 Å². The molecule has 0 saturated carbocycles. The number of rotatable bonds is 4. The van der Waals surface area contributed by atoms with Crippen molar-refractivity contribution in [2.75, 3.05) is 18.9 Å². The van der Waals surface area contributed by atoms with Gasteiger partial charge in [0.25, 0.3) is 5.88 Å². The Hall–Kier alpha value is -1.96. The number of hydrogen-bond acceptors (Lipinski definition) is 7. The largest absolute Gasteiger partial charge is 0.473 e. The summed E-state index contributed by atoms with van der Waals surface area (Å²) in [5, 5.41) is 10.9. The maximum atomic E-state index is 10.9. The third-order valence-electron chi connectivity index (χ3n) is 2.58. The minimum Gasteiger partial charge on any atom is -0.473 e. The van der Waals surface area contributed by atoms with E-state index in [1.807, 2.05) is 0 Å². The zero-order chi connectivity index (χ0) is 13.1. The van der Waals surface area contributed by atoms with Crippen LogP contribution in [0.4, 0.5) is 11.5 Å². The van der Waals surface area contributed by atoms with E-state index in [0.29, 0.717) is 12.4 Å². The van der Waals surface area contributed by atoms with E-state index in [2.05, 4.69) is 9.97 Å². The van der Waals surface area contributed by atoms with Crippen molar-refractivity contribution in [3.8, 4) is 5.88 Å². The minimum absolute atomic E-state index is 0.0968. The van der Waals surface area contributed by atoms with Crippen molar-refractivity contribution in [1.29, 1.82) is 0 Å². The first-order valence-corrected chi connectivity index (χ1v) is 5.69. The Labute approximate surface area is 103 Å². The number of ether oxygens (including phenoxy) is 2. The predicted molar refractivity (Wildman–Crippen MR) is 62.2 cm³/mol. The lowest BCUT2D eigenvalue weighted by Gasteiger charge is -2.11. The second-order valence-corrected chi connectivity index (χ2v) is 3.81. The van der Waals surface area contributed by atoms with Crippen LogP contribution in [-0.4, -0.2) is 28.1 Å². The average Bonchev–Trinajstić information content (AvgIpc) is 2.81. The molecule has 1 unspecified atom stereocenters. The Kier molecular flexibility index (Phi) is 3.56. The molecule has 1 atom stereocenters. The van der Waals surface area contributed by atoms with Crippen LogP contribution in [0.5, 0.6) is 5.88 Å². The molecule has 0 radical (unpaired) electrons. The number of nitrogens with zero attached hydrogens (tertiary/aromatic N) is 3. The molecular weight excluding hydrogens is 240 g/mol. The summed E-state index contributed by atoms with van der Waals surface area (Å²) in [7, 11) is 0. The molecule has 8 nitrogen and oxygen atoms in total. The van der Waals surface area contributed by atoms with Crippen molar-refractivity contribution in [3.05, 3.63) is 15.9 Å². The molecule has 8 heteroatoms. The van der Waals surface area contributed by atoms with Crippen LogP contribution in [0, 0.1) is 10.1 Å². The standard InChI is InChI=1S/C10H14N4O4/c1-2-17-10-7(14(15)16)8(11)12-9(13-10)6-4-3-5-18-6/h6H,2-5H2,1H3,(H2,11,12,13). The van der Waals surface area contributed by atoms with E-state index in [1.165, 1.54) is 0 Å². The van der Waals surface area contributed by atoms with E-state index in [4.69, 9.17) is 15.2 Å². The van der Waals surface area contributed by atoms with E-state index in [9.17, 15) is 10.1 Å². The number of nitrogens with two attached hydrogens (primary N) is 1. The van der Waals surface area contributed by atoms with Gasteiger partial charge in [0.15, 0.2) is 5.82 Å². The van der Waals surface area contributed by atoms with Gasteiger partial charge in [0.05, 0.1) is 11.5 Å². The van der Waals surface area contributed by atoms with Crippen molar-refractivity contribution in [3.63, 3.8) is 0 Å². The molecule has 2 rings (SSSR count). The van der Waals surface area contributed by atoms with Crippen LogP contribution >= 0.6 is 0 Å². The summed E-state index contributed by atoms with van der Waals surface area (Å²) < 4.78 is 10.6. The average molecular weight is 254 g/mol. The van der Waals surface area contributed by atoms with Crippen LogP contribution < -0.4 is 10.5 Å². The molecule has 1 aromatic heterocycles. The van der Waals surface area contributed by atoms with Gasteiger partial charge in [-0.25, -0.2) is 4.98 Å². The van der Waals surface area contributed by atoms with Crippen molar-refractivity contribution in [2.24, 2.45) is 0 Å². The highest BCUT2D eigenvalue weighted by Crippen LogP contribution is 2.34. The zero-order valence-corrected chi connectivity index (χ0v) is 9.96. The molecule has 1 aliphatic rings. The lowest BCUT2D eigenvalue weighted by Crippen LogP contribution is -2.11. The van der Waals surface area contributed by atoms with E-state index in [1.54, 1.807) is 6.92 Å². The predicted octanol–water partition coefficient (Wildman–Crippen LogP) is 1.22. The minimum atomic E-state index is -0.639. The second-order valence-electron chi connectivity index (χ2n) is 3.81. The smallest absolute Gasteiger partial charge is 0.372 e. The van der Waals surface area contributed by atoms with Crippen molar-refractivity contribution in [2.45, 2.75) is 25.9 Å². The van der Waals surface area contributed by atoms with Gasteiger partial charge in [0.2, 0.25) is 5.82 Å². The van der Waals surface area contributed by atoms with E-state index in [0.717, 1.165) is 12.8 Å². The van der Waals surface area contributed by atoms with Crippen LogP contribution in [0.1, 0.15) is 31.7 Å². The van der Waals surface area contributed by atoms with Gasteiger partial charge in [-0.2, -0.15) is 4.98 Å². The fourth-order valence-electron chi connectivity index (χ4n) is 1.80. The van der Waals surface area contributed by atoms with Crippen molar-refractivity contribution < 1.29 is 14.4 Å². The maximum Gasteiger partial charge on any atom is 0.372 e. The molecule has 1 fully saturated rings. The Bertz CT molecular complexity index is 459. The molecule has 98 valence electrons. The fourth-order valence-corrected chi connectivity index (χ4v) is 1.80. The van der Waals surface area contributed by atoms with E-state index in [-0.39, 0.29) is 24.4 Å². The Morgan fingerprint density at radius 1 is 1.61 bits per heavy atom. The monoisotopic (exact) mass is 254 g/mol. The second kappa shape index (κ2) is 5.13. The molecule has 2 heterocycles. The molecule has 18 heavy (non-hydrogen) atoms. The van der Waals surface area contributed by atoms with Gasteiger partial charge >= 0.3 is 5.69 Å². The summed E-state index contributed by atoms with van der Waals surface area (Å²) in [6.07, 6.45) is 1.44. The molecular formula is C10H14N4O4. The maximum absolute atomic E-state index is 10.9. The Morgan fingerprint density at radius 3 is 2.94 bits per heavy atom. The lowest BCUT2D eigenvalue weighted by molar-refractivity contribution is -0.385. The van der Waals surface area contributed by atoms with Crippen LogP contribution in [-0.2, 0) is 4.74 Å². The van der Waals surface area contributed by atoms with Crippen LogP contribution in [0.25, 0.3) is 0 Å². The van der Waals surface area contributed by atoms with E-state index >= 15 is 0 Å². The molecule has 2 N–H and O–H groups in total. The SMILES string of the molecule is CCOc1nc(C2CCCO2)nc(N)c1[N+](=O)[O-]. The highest BCUT2D eigenvalue weighted by Gasteiger charge is 2.28. The Morgan fingerprint density at radius 2 is 2.39 bits per heavy atom. The summed E-state index contributed by atoms with van der Waals surface area (Å²) >= 11 is 0. The van der Waals surface area contributed by atoms with Crippen LogP contribution in [0.3, 0.4) is 0 Å². The van der Waals surface area contributed by atoms with Gasteiger partial charge < -0.3 is 15.2 Å². The quantitative estimate of drug-likeness (QED) is 0.634. The molecule has 0 spiro atoms. The molecule has 0 aliphatic carbocycles. The number of nitrogen functional groups attached to an aromatic ring is 1. The highest BCUT2D eigenvalue weighted by molar-refractivity contribution is 5.58. The number of hydrogen-bond donors (Lipinski definition) is 1. The first kappa shape index (κ1) is 12.5. The molecule has 1 aliphatic heterocycles. The topological polar surface area (TPSA) is 113 Å². The number of aromatic nitrogens is 2. The number of anilines is 1. The van der Waals surface area contributed by atoms with Gasteiger partial charge in [-0.3, -0.25) is 10.1 Å². The molecule has 0 aromatic carbocycles. The lowest BCUT2D eigenvalue weighted by atomic mass is 10.2. The summed E-state index contributed by atoms with van der Waals surface area (Å²) in [5.41, 5.74) is 5.20. The fraction of sp³-hybridized carbons (Fsp3) is 0.600. The van der Waals surface area contributed by atoms with Gasteiger partial charge in [-0.15, -0.1) is 0 Å². The third kappa shape index (κ3) is 2.33. The molecule has 1 saturated heterocycles. The summed E-state index contributed by atoms with van der Waals surface area (Å²) in [6, 6.07) is 0. The molecule has 0 amide bonds. The number of nitro groups is 1. The normalized spacial score (nSPS) is 18.8. The summed E-state index contributed by atoms with van der Waals surface area (Å²) in [5.74, 6) is 0.0588. The third-order valence-corrected chi connectivity index (χ3v) is 2.58. The molecule has 0 bridgehead atoms. The van der Waals surface area contributed by atoms with Crippen LogP contribution in [0.2, 0.25) is 0 Å². The summed E-state index contributed by atoms with van der Waals surface area (Å²) in [6.45, 7) is 2.62. The van der Waals surface area contributed by atoms with Gasteiger partial charge in [0, 0.05) is 6.61 Å². The Balaban J connectivity index is 2.42. The van der Waals surface area contributed by atoms with Crippen molar-refractivity contribution in [1.82, 2.24) is 9.97 Å². The van der Waals surface area contributed by atoms with Crippen LogP contribution in [0.15, 0.2) is 0 Å².